The average Bonchev–Trinajstić information content (AvgIpc) is 2.41. The van der Waals surface area contributed by atoms with Gasteiger partial charge in [0.25, 0.3) is 0 Å². The van der Waals surface area contributed by atoms with Gasteiger partial charge < -0.3 is 4.74 Å². The monoisotopic (exact) mass is 370 g/mol. The Kier molecular flexibility index (Phi) is 4.95. The van der Waals surface area contributed by atoms with Gasteiger partial charge in [-0.15, -0.1) is 0 Å². The van der Waals surface area contributed by atoms with E-state index < -0.39 is 0 Å². The van der Waals surface area contributed by atoms with Crippen molar-refractivity contribution in [3.63, 3.8) is 0 Å². The zero-order valence-corrected chi connectivity index (χ0v) is 13.4. The van der Waals surface area contributed by atoms with Crippen molar-refractivity contribution in [3.05, 3.63) is 51.6 Å². The fraction of sp³-hybridized carbons (Fsp3) is 0.200. The minimum absolute atomic E-state index is 0.929. The number of hydrogen-bond acceptors (Lipinski definition) is 2. The number of methoxy groups -OCH3 is 1. The highest BCUT2D eigenvalue weighted by atomic mass is 127. The van der Waals surface area contributed by atoms with Crippen molar-refractivity contribution in [2.45, 2.75) is 23.1 Å². The van der Waals surface area contributed by atoms with Crippen LogP contribution >= 0.6 is 34.4 Å². The molecule has 0 aliphatic carbocycles. The topological polar surface area (TPSA) is 9.23 Å². The summed E-state index contributed by atoms with van der Waals surface area (Å²) in [6.45, 7) is 2.17. The molecule has 0 heterocycles. The molecule has 0 radical (unpaired) electrons. The molecule has 3 heteroatoms. The number of halogens is 1. The van der Waals surface area contributed by atoms with Gasteiger partial charge in [0, 0.05) is 13.4 Å². The van der Waals surface area contributed by atoms with E-state index in [1.807, 2.05) is 17.8 Å². The predicted octanol–water partition coefficient (Wildman–Crippen LogP) is 5.01. The zero-order valence-electron chi connectivity index (χ0n) is 10.4. The van der Waals surface area contributed by atoms with E-state index in [4.69, 9.17) is 4.74 Å². The van der Waals surface area contributed by atoms with Gasteiger partial charge in [0.1, 0.15) is 5.75 Å². The molecule has 0 atom stereocenters. The van der Waals surface area contributed by atoms with E-state index in [0.717, 1.165) is 12.2 Å². The van der Waals surface area contributed by atoms with Crippen LogP contribution in [-0.2, 0) is 6.42 Å². The Morgan fingerprint density at radius 1 is 1.11 bits per heavy atom. The van der Waals surface area contributed by atoms with Gasteiger partial charge in [0.2, 0.25) is 0 Å². The molecule has 0 N–H and O–H groups in total. The van der Waals surface area contributed by atoms with Crippen LogP contribution in [0.1, 0.15) is 12.5 Å². The Morgan fingerprint density at radius 3 is 2.44 bits per heavy atom. The maximum Gasteiger partial charge on any atom is 0.119 e. The van der Waals surface area contributed by atoms with E-state index in [9.17, 15) is 0 Å². The van der Waals surface area contributed by atoms with E-state index in [2.05, 4.69) is 65.9 Å². The lowest BCUT2D eigenvalue weighted by atomic mass is 10.1. The number of aryl methyl sites for hydroxylation is 1. The van der Waals surface area contributed by atoms with Crippen molar-refractivity contribution in [1.82, 2.24) is 0 Å². The van der Waals surface area contributed by atoms with Crippen molar-refractivity contribution in [1.29, 1.82) is 0 Å². The molecule has 0 aliphatic heterocycles. The van der Waals surface area contributed by atoms with Crippen molar-refractivity contribution >= 4 is 34.4 Å². The summed E-state index contributed by atoms with van der Waals surface area (Å²) in [5.41, 5.74) is 1.33. The van der Waals surface area contributed by atoms with Crippen LogP contribution in [0.25, 0.3) is 0 Å². The first-order chi connectivity index (χ1) is 8.72. The second-order valence-corrected chi connectivity index (χ2v) is 6.24. The summed E-state index contributed by atoms with van der Waals surface area (Å²) in [6.07, 6.45) is 1.02. The standard InChI is InChI=1S/C15H15IOS/c1-3-11-10-13(17-2)6-9-15(11)18-14-7-4-12(16)5-8-14/h4-10H,3H2,1-2H3. The summed E-state index contributed by atoms with van der Waals surface area (Å²) in [6, 6.07) is 14.9. The molecular formula is C15H15IOS. The van der Waals surface area contributed by atoms with E-state index in [1.54, 1.807) is 7.11 Å². The molecule has 0 saturated heterocycles. The zero-order chi connectivity index (χ0) is 13.0. The Hall–Kier alpha value is -0.680. The van der Waals surface area contributed by atoms with Crippen LogP contribution in [0, 0.1) is 3.57 Å². The second-order valence-electron chi connectivity index (χ2n) is 3.88. The number of benzene rings is 2. The molecule has 0 bridgehead atoms. The molecule has 0 fully saturated rings. The molecule has 1 nitrogen and oxygen atoms in total. The first-order valence-corrected chi connectivity index (χ1v) is 7.72. The van der Waals surface area contributed by atoms with Gasteiger partial charge in [-0.25, -0.2) is 0 Å². The highest BCUT2D eigenvalue weighted by Crippen LogP contribution is 2.33. The predicted molar refractivity (Wildman–Crippen MR) is 85.7 cm³/mol. The first kappa shape index (κ1) is 13.7. The van der Waals surface area contributed by atoms with Gasteiger partial charge in [0.05, 0.1) is 7.11 Å². The van der Waals surface area contributed by atoms with Crippen LogP contribution in [-0.4, -0.2) is 7.11 Å². The third kappa shape index (κ3) is 3.42. The second kappa shape index (κ2) is 6.48. The summed E-state index contributed by atoms with van der Waals surface area (Å²) in [5.74, 6) is 0.929. The van der Waals surface area contributed by atoms with E-state index >= 15 is 0 Å². The third-order valence-electron chi connectivity index (χ3n) is 2.69. The van der Waals surface area contributed by atoms with Crippen molar-refractivity contribution in [2.24, 2.45) is 0 Å². The van der Waals surface area contributed by atoms with Gasteiger partial charge in [0.15, 0.2) is 0 Å². The lowest BCUT2D eigenvalue weighted by Crippen LogP contribution is -1.89. The number of hydrogen-bond donors (Lipinski definition) is 0. The van der Waals surface area contributed by atoms with E-state index in [0.29, 0.717) is 0 Å². The SMILES string of the molecule is CCc1cc(OC)ccc1Sc1ccc(I)cc1. The van der Waals surface area contributed by atoms with E-state index in [-0.39, 0.29) is 0 Å². The molecule has 2 rings (SSSR count). The van der Waals surface area contributed by atoms with Crippen molar-refractivity contribution < 1.29 is 4.74 Å². The molecule has 94 valence electrons. The van der Waals surface area contributed by atoms with Gasteiger partial charge in [-0.3, -0.25) is 0 Å². The molecule has 2 aromatic rings. The van der Waals surface area contributed by atoms with Crippen molar-refractivity contribution in [3.8, 4) is 5.75 Å². The normalized spacial score (nSPS) is 10.4. The summed E-state index contributed by atoms with van der Waals surface area (Å²) in [5, 5.41) is 0. The van der Waals surface area contributed by atoms with Crippen LogP contribution in [0.4, 0.5) is 0 Å². The lowest BCUT2D eigenvalue weighted by Gasteiger charge is -2.09. The Bertz CT molecular complexity index is 523. The molecule has 0 amide bonds. The van der Waals surface area contributed by atoms with Gasteiger partial charge in [-0.05, 0) is 77.0 Å². The maximum absolute atomic E-state index is 5.27. The number of ether oxygens (including phenoxy) is 1. The lowest BCUT2D eigenvalue weighted by molar-refractivity contribution is 0.414. The molecule has 0 unspecified atom stereocenters. The number of rotatable bonds is 4. The summed E-state index contributed by atoms with van der Waals surface area (Å²) in [4.78, 5) is 2.58. The van der Waals surface area contributed by atoms with Crippen LogP contribution < -0.4 is 4.74 Å². The molecule has 0 saturated carbocycles. The van der Waals surface area contributed by atoms with E-state index in [1.165, 1.54) is 18.9 Å². The Labute approximate surface area is 126 Å². The quantitative estimate of drug-likeness (QED) is 0.700. The molecular weight excluding hydrogens is 355 g/mol. The minimum Gasteiger partial charge on any atom is -0.497 e. The van der Waals surface area contributed by atoms with Crippen LogP contribution in [0.15, 0.2) is 52.3 Å². The summed E-state index contributed by atoms with van der Waals surface area (Å²) >= 11 is 4.13. The molecule has 0 spiro atoms. The highest BCUT2D eigenvalue weighted by molar-refractivity contribution is 14.1. The largest absolute Gasteiger partial charge is 0.497 e. The van der Waals surface area contributed by atoms with Crippen molar-refractivity contribution in [2.75, 3.05) is 7.11 Å². The molecule has 2 aromatic carbocycles. The summed E-state index contributed by atoms with van der Waals surface area (Å²) < 4.78 is 6.53. The van der Waals surface area contributed by atoms with Gasteiger partial charge in [-0.2, -0.15) is 0 Å². The Balaban J connectivity index is 2.25. The van der Waals surface area contributed by atoms with Crippen LogP contribution in [0.2, 0.25) is 0 Å². The van der Waals surface area contributed by atoms with Crippen LogP contribution in [0.5, 0.6) is 5.75 Å². The molecule has 18 heavy (non-hydrogen) atoms. The minimum atomic E-state index is 0.929. The van der Waals surface area contributed by atoms with Crippen LogP contribution in [0.3, 0.4) is 0 Å². The maximum atomic E-state index is 5.27. The Morgan fingerprint density at radius 2 is 1.83 bits per heavy atom. The fourth-order valence-electron chi connectivity index (χ4n) is 1.69. The molecule has 0 aliphatic rings. The first-order valence-electron chi connectivity index (χ1n) is 5.83. The highest BCUT2D eigenvalue weighted by Gasteiger charge is 2.05. The summed E-state index contributed by atoms with van der Waals surface area (Å²) in [7, 11) is 1.71. The van der Waals surface area contributed by atoms with Gasteiger partial charge in [-0.1, -0.05) is 18.7 Å². The molecule has 0 aromatic heterocycles. The van der Waals surface area contributed by atoms with Gasteiger partial charge >= 0.3 is 0 Å². The third-order valence-corrected chi connectivity index (χ3v) is 4.54. The average molecular weight is 370 g/mol. The smallest absolute Gasteiger partial charge is 0.119 e. The fourth-order valence-corrected chi connectivity index (χ4v) is 3.04.